The fourth-order valence-electron chi connectivity index (χ4n) is 3.35. The molecule has 5 aromatic rings. The van der Waals surface area contributed by atoms with Crippen LogP contribution in [0.15, 0.2) is 72.8 Å². The van der Waals surface area contributed by atoms with Crippen LogP contribution in [0.2, 0.25) is 0 Å². The maximum absolute atomic E-state index is 2.36. The van der Waals surface area contributed by atoms with Crippen LogP contribution in [0, 0.1) is 13.8 Å². The van der Waals surface area contributed by atoms with Crippen LogP contribution in [0.5, 0.6) is 0 Å². The van der Waals surface area contributed by atoms with Crippen LogP contribution in [0.25, 0.3) is 41.1 Å². The first-order valence-electron chi connectivity index (χ1n) is 8.77. The molecule has 2 aromatic heterocycles. The lowest BCUT2D eigenvalue weighted by atomic mass is 10.1. The Morgan fingerprint density at radius 1 is 0.500 bits per heavy atom. The molecule has 5 rings (SSSR count). The fraction of sp³-hybridized carbons (Fsp3) is 0.0833. The summed E-state index contributed by atoms with van der Waals surface area (Å²) in [7, 11) is 0. The van der Waals surface area contributed by atoms with Crippen molar-refractivity contribution in [1.82, 2.24) is 0 Å². The number of aryl methyl sites for hydroxylation is 2. The first kappa shape index (κ1) is 15.8. The third kappa shape index (κ3) is 2.66. The highest BCUT2D eigenvalue weighted by molar-refractivity contribution is 7.24. The van der Waals surface area contributed by atoms with Gasteiger partial charge in [0.2, 0.25) is 0 Å². The molecule has 0 saturated heterocycles. The predicted molar refractivity (Wildman–Crippen MR) is 118 cm³/mol. The lowest BCUT2D eigenvalue weighted by Crippen LogP contribution is -1.73. The van der Waals surface area contributed by atoms with E-state index < -0.39 is 0 Å². The molecule has 0 saturated carbocycles. The van der Waals surface area contributed by atoms with E-state index >= 15 is 0 Å². The van der Waals surface area contributed by atoms with Crippen molar-refractivity contribution in [3.8, 4) is 20.9 Å². The zero-order chi connectivity index (χ0) is 17.7. The van der Waals surface area contributed by atoms with Crippen LogP contribution < -0.4 is 0 Å². The number of benzene rings is 3. The van der Waals surface area contributed by atoms with Gasteiger partial charge in [-0.1, -0.05) is 59.7 Å². The molecule has 0 aliphatic carbocycles. The second-order valence-electron chi connectivity index (χ2n) is 6.84. The van der Waals surface area contributed by atoms with Crippen molar-refractivity contribution < 1.29 is 0 Å². The van der Waals surface area contributed by atoms with Gasteiger partial charge >= 0.3 is 0 Å². The molecule has 0 N–H and O–H groups in total. The highest BCUT2D eigenvalue weighted by Gasteiger charge is 2.11. The van der Waals surface area contributed by atoms with Gasteiger partial charge in [-0.05, 0) is 49.2 Å². The Morgan fingerprint density at radius 2 is 0.885 bits per heavy atom. The second-order valence-corrected chi connectivity index (χ2v) is 9.01. The van der Waals surface area contributed by atoms with E-state index in [1.165, 1.54) is 52.2 Å². The molecule has 0 atom stereocenters. The van der Waals surface area contributed by atoms with Crippen LogP contribution in [0.3, 0.4) is 0 Å². The van der Waals surface area contributed by atoms with Gasteiger partial charge in [0.15, 0.2) is 0 Å². The van der Waals surface area contributed by atoms with E-state index in [4.69, 9.17) is 0 Å². The minimum Gasteiger partial charge on any atom is -0.135 e. The van der Waals surface area contributed by atoms with E-state index in [9.17, 15) is 0 Å². The summed E-state index contributed by atoms with van der Waals surface area (Å²) in [6, 6.07) is 26.9. The molecule has 26 heavy (non-hydrogen) atoms. The Hall–Kier alpha value is -2.42. The van der Waals surface area contributed by atoms with Crippen LogP contribution in [-0.4, -0.2) is 0 Å². The summed E-state index contributed by atoms with van der Waals surface area (Å²) in [5, 5.41) is 2.75. The van der Waals surface area contributed by atoms with Crippen LogP contribution in [-0.2, 0) is 0 Å². The van der Waals surface area contributed by atoms with Gasteiger partial charge in [0.25, 0.3) is 0 Å². The number of thiophene rings is 2. The molecule has 0 unspecified atom stereocenters. The molecular weight excluding hydrogens is 352 g/mol. The number of fused-ring (bicyclic) bond motifs is 3. The fourth-order valence-corrected chi connectivity index (χ4v) is 5.52. The van der Waals surface area contributed by atoms with E-state index in [2.05, 4.69) is 86.6 Å². The molecule has 3 aromatic carbocycles. The molecule has 0 bridgehead atoms. The normalized spacial score (nSPS) is 11.5. The van der Waals surface area contributed by atoms with E-state index in [1.54, 1.807) is 0 Å². The molecule has 0 nitrogen and oxygen atoms in total. The summed E-state index contributed by atoms with van der Waals surface area (Å²) in [4.78, 5) is 2.69. The maximum atomic E-state index is 2.36. The van der Waals surface area contributed by atoms with Gasteiger partial charge in [-0.25, -0.2) is 0 Å². The Balaban J connectivity index is 1.67. The smallest absolute Gasteiger partial charge is 0.0356 e. The standard InChI is InChI=1S/C24H18S2/c1-15-3-7-17(8-4-15)23-13-19-20-14-24(18-9-5-16(2)6-10-18)26-22(20)12-11-21(19)25-23/h3-14H,1-2H3. The Bertz CT molecular complexity index is 1120. The summed E-state index contributed by atoms with van der Waals surface area (Å²) < 4.78 is 2.72. The van der Waals surface area contributed by atoms with Crippen molar-refractivity contribution in [3.05, 3.63) is 83.9 Å². The molecule has 0 amide bonds. The maximum Gasteiger partial charge on any atom is 0.0356 e. The molecular formula is C24H18S2. The molecule has 0 aliphatic heterocycles. The van der Waals surface area contributed by atoms with E-state index in [0.29, 0.717) is 0 Å². The summed E-state index contributed by atoms with van der Waals surface area (Å²) in [5.41, 5.74) is 5.22. The van der Waals surface area contributed by atoms with Crippen molar-refractivity contribution in [2.75, 3.05) is 0 Å². The third-order valence-electron chi connectivity index (χ3n) is 4.87. The lowest BCUT2D eigenvalue weighted by Gasteiger charge is -1.97. The third-order valence-corrected chi connectivity index (χ3v) is 7.17. The van der Waals surface area contributed by atoms with E-state index in [1.807, 2.05) is 22.7 Å². The monoisotopic (exact) mass is 370 g/mol. The van der Waals surface area contributed by atoms with E-state index in [0.717, 1.165) is 0 Å². The van der Waals surface area contributed by atoms with Crippen molar-refractivity contribution in [2.24, 2.45) is 0 Å². The van der Waals surface area contributed by atoms with Crippen molar-refractivity contribution in [2.45, 2.75) is 13.8 Å². The molecule has 0 radical (unpaired) electrons. The highest BCUT2D eigenvalue weighted by atomic mass is 32.1. The Morgan fingerprint density at radius 3 is 1.27 bits per heavy atom. The molecule has 0 fully saturated rings. The molecule has 2 heteroatoms. The number of rotatable bonds is 2. The minimum atomic E-state index is 1.30. The first-order chi connectivity index (χ1) is 12.7. The Labute approximate surface area is 161 Å². The van der Waals surface area contributed by atoms with Crippen molar-refractivity contribution in [1.29, 1.82) is 0 Å². The van der Waals surface area contributed by atoms with Crippen LogP contribution in [0.1, 0.15) is 11.1 Å². The average molecular weight is 371 g/mol. The number of hydrogen-bond acceptors (Lipinski definition) is 2. The van der Waals surface area contributed by atoms with Gasteiger partial charge in [-0.15, -0.1) is 22.7 Å². The number of hydrogen-bond donors (Lipinski definition) is 0. The summed E-state index contributed by atoms with van der Waals surface area (Å²) in [6.45, 7) is 4.27. The highest BCUT2D eigenvalue weighted by Crippen LogP contribution is 2.42. The summed E-state index contributed by atoms with van der Waals surface area (Å²) in [5.74, 6) is 0. The van der Waals surface area contributed by atoms with Gasteiger partial charge in [0.1, 0.15) is 0 Å². The van der Waals surface area contributed by atoms with Gasteiger partial charge in [-0.3, -0.25) is 0 Å². The Kier molecular flexibility index (Phi) is 3.70. The van der Waals surface area contributed by atoms with Gasteiger partial charge in [0, 0.05) is 29.9 Å². The zero-order valence-electron chi connectivity index (χ0n) is 14.7. The topological polar surface area (TPSA) is 0 Å². The second kappa shape index (κ2) is 6.08. The quantitative estimate of drug-likeness (QED) is 0.295. The largest absolute Gasteiger partial charge is 0.135 e. The van der Waals surface area contributed by atoms with Crippen molar-refractivity contribution >= 4 is 42.8 Å². The van der Waals surface area contributed by atoms with Gasteiger partial charge < -0.3 is 0 Å². The van der Waals surface area contributed by atoms with Crippen LogP contribution in [0.4, 0.5) is 0 Å². The summed E-state index contributed by atoms with van der Waals surface area (Å²) >= 11 is 3.77. The SMILES string of the molecule is Cc1ccc(-c2cc3c(ccc4sc(-c5ccc(C)cc5)cc43)s2)cc1. The lowest BCUT2D eigenvalue weighted by molar-refractivity contribution is 1.48. The molecule has 0 spiro atoms. The predicted octanol–water partition coefficient (Wildman–Crippen LogP) is 8.07. The molecule has 0 aliphatic rings. The van der Waals surface area contributed by atoms with Gasteiger partial charge in [-0.2, -0.15) is 0 Å². The van der Waals surface area contributed by atoms with Crippen LogP contribution >= 0.6 is 22.7 Å². The van der Waals surface area contributed by atoms with Crippen molar-refractivity contribution in [3.63, 3.8) is 0 Å². The summed E-state index contributed by atoms with van der Waals surface area (Å²) in [6.07, 6.45) is 0. The minimum absolute atomic E-state index is 1.30. The molecule has 126 valence electrons. The average Bonchev–Trinajstić information content (AvgIpc) is 3.26. The van der Waals surface area contributed by atoms with E-state index in [-0.39, 0.29) is 0 Å². The molecule has 2 heterocycles. The zero-order valence-corrected chi connectivity index (χ0v) is 16.4. The first-order valence-corrected chi connectivity index (χ1v) is 10.4. The van der Waals surface area contributed by atoms with Gasteiger partial charge in [0.05, 0.1) is 0 Å².